The van der Waals surface area contributed by atoms with E-state index in [1.807, 2.05) is 0 Å². The zero-order valence-corrected chi connectivity index (χ0v) is 16.6. The lowest BCUT2D eigenvalue weighted by molar-refractivity contribution is 0.217. The monoisotopic (exact) mass is 331 g/mol. The Kier molecular flexibility index (Phi) is 8.01. The lowest BCUT2D eigenvalue weighted by Gasteiger charge is -2.37. The molecule has 0 unspecified atom stereocenters. The quantitative estimate of drug-likeness (QED) is 0.405. The first-order valence-corrected chi connectivity index (χ1v) is 11.8. The van der Waals surface area contributed by atoms with Crippen LogP contribution in [0.25, 0.3) is 0 Å². The summed E-state index contributed by atoms with van der Waals surface area (Å²) in [6.07, 6.45) is 6.52. The van der Waals surface area contributed by atoms with Crippen molar-refractivity contribution in [1.29, 1.82) is 5.26 Å². The highest BCUT2D eigenvalue weighted by Crippen LogP contribution is 2.37. The zero-order valence-electron chi connectivity index (χ0n) is 15.6. The average molecular weight is 332 g/mol. The van der Waals surface area contributed by atoms with E-state index in [4.69, 9.17) is 4.43 Å². The first-order valence-electron chi connectivity index (χ1n) is 8.87. The molecule has 0 aliphatic rings. The molecule has 0 fully saturated rings. The molecule has 1 atom stereocenters. The summed E-state index contributed by atoms with van der Waals surface area (Å²) in [7, 11) is -1.83. The molecule has 0 saturated heterocycles. The molecule has 0 aromatic heterocycles. The third-order valence-electron chi connectivity index (χ3n) is 4.91. The maximum absolute atomic E-state index is 9.35. The van der Waals surface area contributed by atoms with E-state index in [1.165, 1.54) is 24.8 Å². The van der Waals surface area contributed by atoms with Gasteiger partial charge in [-0.1, -0.05) is 63.9 Å². The van der Waals surface area contributed by atoms with Gasteiger partial charge in [0.15, 0.2) is 8.32 Å². The van der Waals surface area contributed by atoms with Crippen LogP contribution in [0.1, 0.15) is 58.4 Å². The lowest BCUT2D eigenvalue weighted by Crippen LogP contribution is -2.43. The Morgan fingerprint density at radius 3 is 2.22 bits per heavy atom. The molecule has 0 aliphatic carbocycles. The second-order valence-corrected chi connectivity index (χ2v) is 12.7. The van der Waals surface area contributed by atoms with Crippen LogP contribution in [-0.2, 0) is 10.8 Å². The first kappa shape index (κ1) is 19.9. The summed E-state index contributed by atoms with van der Waals surface area (Å²) in [5, 5.41) is 9.52. The van der Waals surface area contributed by atoms with Crippen LogP contribution in [-0.4, -0.2) is 14.4 Å². The van der Waals surface area contributed by atoms with Crippen LogP contribution in [0.15, 0.2) is 30.3 Å². The molecular formula is C20H33NOSi. The van der Waals surface area contributed by atoms with Crippen LogP contribution in [0.2, 0.25) is 18.1 Å². The maximum Gasteiger partial charge on any atom is 0.193 e. The minimum Gasteiger partial charge on any atom is -0.401 e. The summed E-state index contributed by atoms with van der Waals surface area (Å²) in [5.41, 5.74) is 1.42. The van der Waals surface area contributed by atoms with Crippen molar-refractivity contribution in [2.75, 3.05) is 0 Å². The number of hydrogen-bond donors (Lipinski definition) is 0. The van der Waals surface area contributed by atoms with Gasteiger partial charge < -0.3 is 4.43 Å². The Hall–Kier alpha value is -1.11. The van der Waals surface area contributed by atoms with Crippen molar-refractivity contribution in [2.24, 2.45) is 0 Å². The molecule has 0 heterocycles. The molecular weight excluding hydrogens is 298 g/mol. The van der Waals surface area contributed by atoms with Gasteiger partial charge >= 0.3 is 0 Å². The standard InChI is InChI=1S/C20H33NOSi/c1-20(2,3)23(4,5)22-19(17-21)16-12-7-6-9-13-18-14-10-8-11-15-18/h8,10-11,14-15,19H,6-7,9,12-13,16H2,1-5H3/t19-/m0/s1. The molecule has 23 heavy (non-hydrogen) atoms. The summed E-state index contributed by atoms with van der Waals surface area (Å²) in [6, 6.07) is 13.0. The Balaban J connectivity index is 2.22. The predicted molar refractivity (Wildman–Crippen MR) is 101 cm³/mol. The third kappa shape index (κ3) is 7.33. The number of nitrogens with zero attached hydrogens (tertiary/aromatic N) is 1. The largest absolute Gasteiger partial charge is 0.401 e. The number of nitriles is 1. The Morgan fingerprint density at radius 1 is 1.04 bits per heavy atom. The van der Waals surface area contributed by atoms with Crippen LogP contribution < -0.4 is 0 Å². The van der Waals surface area contributed by atoms with Crippen LogP contribution in [0.4, 0.5) is 0 Å². The van der Waals surface area contributed by atoms with Gasteiger partial charge in [0.25, 0.3) is 0 Å². The van der Waals surface area contributed by atoms with E-state index in [0.717, 1.165) is 19.3 Å². The highest BCUT2D eigenvalue weighted by Gasteiger charge is 2.39. The third-order valence-corrected chi connectivity index (χ3v) is 9.40. The van der Waals surface area contributed by atoms with Gasteiger partial charge in [0.1, 0.15) is 6.10 Å². The fraction of sp³-hybridized carbons (Fsp3) is 0.650. The van der Waals surface area contributed by atoms with E-state index in [-0.39, 0.29) is 11.1 Å². The molecule has 1 rings (SSSR count). The van der Waals surface area contributed by atoms with E-state index >= 15 is 0 Å². The van der Waals surface area contributed by atoms with Crippen molar-refractivity contribution in [2.45, 2.75) is 83.5 Å². The fourth-order valence-electron chi connectivity index (χ4n) is 2.34. The molecule has 3 heteroatoms. The molecule has 0 bridgehead atoms. The van der Waals surface area contributed by atoms with Crippen molar-refractivity contribution in [3.05, 3.63) is 35.9 Å². The summed E-state index contributed by atoms with van der Waals surface area (Å²) < 4.78 is 6.21. The van der Waals surface area contributed by atoms with E-state index < -0.39 is 8.32 Å². The van der Waals surface area contributed by atoms with E-state index in [0.29, 0.717) is 0 Å². The molecule has 0 saturated carbocycles. The number of hydrogen-bond acceptors (Lipinski definition) is 2. The highest BCUT2D eigenvalue weighted by molar-refractivity contribution is 6.74. The molecule has 0 N–H and O–H groups in total. The average Bonchev–Trinajstić information content (AvgIpc) is 2.49. The molecule has 1 aromatic carbocycles. The normalized spacial score (nSPS) is 13.6. The topological polar surface area (TPSA) is 33.0 Å². The van der Waals surface area contributed by atoms with E-state index in [1.54, 1.807) is 0 Å². The molecule has 2 nitrogen and oxygen atoms in total. The van der Waals surface area contributed by atoms with Crippen molar-refractivity contribution >= 4 is 8.32 Å². The van der Waals surface area contributed by atoms with Crippen molar-refractivity contribution in [3.63, 3.8) is 0 Å². The Morgan fingerprint density at radius 2 is 1.65 bits per heavy atom. The van der Waals surface area contributed by atoms with Crippen molar-refractivity contribution in [1.82, 2.24) is 0 Å². The van der Waals surface area contributed by atoms with Gasteiger partial charge in [0, 0.05) is 0 Å². The minimum atomic E-state index is -1.83. The van der Waals surface area contributed by atoms with Gasteiger partial charge in [0.2, 0.25) is 0 Å². The molecule has 1 aromatic rings. The summed E-state index contributed by atoms with van der Waals surface area (Å²) in [6.45, 7) is 11.1. The maximum atomic E-state index is 9.35. The lowest BCUT2D eigenvalue weighted by atomic mass is 10.0. The molecule has 0 spiro atoms. The second-order valence-electron chi connectivity index (χ2n) is 7.93. The number of aryl methyl sites for hydroxylation is 1. The zero-order chi connectivity index (χ0) is 17.3. The van der Waals surface area contributed by atoms with Gasteiger partial charge in [0.05, 0.1) is 6.07 Å². The summed E-state index contributed by atoms with van der Waals surface area (Å²) >= 11 is 0. The van der Waals surface area contributed by atoms with Crippen molar-refractivity contribution in [3.8, 4) is 6.07 Å². The van der Waals surface area contributed by atoms with Crippen LogP contribution in [0.5, 0.6) is 0 Å². The highest BCUT2D eigenvalue weighted by atomic mass is 28.4. The van der Waals surface area contributed by atoms with Crippen molar-refractivity contribution < 1.29 is 4.43 Å². The smallest absolute Gasteiger partial charge is 0.193 e. The molecule has 0 radical (unpaired) electrons. The predicted octanol–water partition coefficient (Wildman–Crippen LogP) is 6.09. The molecule has 128 valence electrons. The summed E-state index contributed by atoms with van der Waals surface area (Å²) in [4.78, 5) is 0. The number of rotatable bonds is 9. The second kappa shape index (κ2) is 9.25. The van der Waals surface area contributed by atoms with E-state index in [2.05, 4.69) is 70.3 Å². The van der Waals surface area contributed by atoms with Gasteiger partial charge in [-0.3, -0.25) is 0 Å². The van der Waals surface area contributed by atoms with Gasteiger partial charge in [-0.15, -0.1) is 0 Å². The first-order chi connectivity index (χ1) is 10.8. The van der Waals surface area contributed by atoms with Gasteiger partial charge in [-0.2, -0.15) is 5.26 Å². The summed E-state index contributed by atoms with van der Waals surface area (Å²) in [5.74, 6) is 0. The fourth-order valence-corrected chi connectivity index (χ4v) is 3.57. The van der Waals surface area contributed by atoms with Crippen LogP contribution in [0.3, 0.4) is 0 Å². The number of unbranched alkanes of at least 4 members (excludes halogenated alkanes) is 3. The van der Waals surface area contributed by atoms with Gasteiger partial charge in [-0.25, -0.2) is 0 Å². The molecule has 0 aliphatic heterocycles. The van der Waals surface area contributed by atoms with Crippen LogP contribution in [0, 0.1) is 11.3 Å². The Bertz CT molecular complexity index is 485. The number of benzene rings is 1. The Labute approximate surface area is 144 Å². The minimum absolute atomic E-state index is 0.164. The SMILES string of the molecule is CC(C)(C)[Si](C)(C)O[C@H](C#N)CCCCCCc1ccccc1. The van der Waals surface area contributed by atoms with Gasteiger partial charge in [-0.05, 0) is 49.4 Å². The van der Waals surface area contributed by atoms with Crippen LogP contribution >= 0.6 is 0 Å². The molecule has 0 amide bonds. The van der Waals surface area contributed by atoms with E-state index in [9.17, 15) is 5.26 Å².